The number of rotatable bonds is 38. The van der Waals surface area contributed by atoms with Crippen molar-refractivity contribution in [1.29, 1.82) is 0 Å². The van der Waals surface area contributed by atoms with E-state index in [0.717, 1.165) is 51.4 Å². The van der Waals surface area contributed by atoms with Crippen LogP contribution in [0.3, 0.4) is 0 Å². The Balaban J connectivity index is 2.20. The van der Waals surface area contributed by atoms with Gasteiger partial charge in [0.1, 0.15) is 30.5 Å². The fraction of sp³-hybridized carbons (Fsp3) is 0.932. The second-order valence-electron chi connectivity index (χ2n) is 15.5. The molecule has 1 rings (SSSR count). The highest BCUT2D eigenvalue weighted by atomic mass is 16.7. The van der Waals surface area contributed by atoms with Crippen molar-refractivity contribution in [3.8, 4) is 0 Å². The number of aliphatic hydroxyl groups excluding tert-OH is 4. The van der Waals surface area contributed by atoms with Gasteiger partial charge in [-0.15, -0.1) is 0 Å². The molecule has 0 aromatic carbocycles. The smallest absolute Gasteiger partial charge is 0.306 e. The molecule has 1 aliphatic heterocycles. The third-order valence-electron chi connectivity index (χ3n) is 10.4. The number of allylic oxidation sites excluding steroid dienone is 2. The Hall–Kier alpha value is -1.07. The minimum atomic E-state index is -1.53. The summed E-state index contributed by atoms with van der Waals surface area (Å²) in [5.74, 6) is -0.322. The summed E-state index contributed by atoms with van der Waals surface area (Å²) in [6, 6.07) is 0. The van der Waals surface area contributed by atoms with E-state index in [1.165, 1.54) is 128 Å². The zero-order valence-corrected chi connectivity index (χ0v) is 34.3. The number of hydrogen-bond donors (Lipinski definition) is 4. The van der Waals surface area contributed by atoms with E-state index in [1.54, 1.807) is 0 Å². The molecule has 0 aliphatic carbocycles. The Morgan fingerprint density at radius 1 is 0.585 bits per heavy atom. The highest BCUT2D eigenvalue weighted by molar-refractivity contribution is 5.69. The van der Waals surface area contributed by atoms with Gasteiger partial charge in [-0.05, 0) is 32.1 Å². The molecule has 0 aromatic heterocycles. The van der Waals surface area contributed by atoms with Crippen molar-refractivity contribution in [2.45, 2.75) is 237 Å². The fourth-order valence-corrected chi connectivity index (χ4v) is 6.91. The second-order valence-corrected chi connectivity index (χ2v) is 15.5. The van der Waals surface area contributed by atoms with Crippen LogP contribution in [0, 0.1) is 0 Å². The monoisotopic (exact) mass is 757 g/mol. The maximum atomic E-state index is 12.7. The number of unbranched alkanes of at least 4 members (excludes halogenated alkanes) is 25. The van der Waals surface area contributed by atoms with Gasteiger partial charge in [0.15, 0.2) is 6.29 Å². The molecular formula is C44H84O9. The van der Waals surface area contributed by atoms with Gasteiger partial charge in [-0.1, -0.05) is 174 Å². The van der Waals surface area contributed by atoms with Crippen LogP contribution in [0.25, 0.3) is 0 Å². The molecular weight excluding hydrogens is 672 g/mol. The summed E-state index contributed by atoms with van der Waals surface area (Å²) in [5.41, 5.74) is 0. The van der Waals surface area contributed by atoms with E-state index >= 15 is 0 Å². The molecule has 6 atom stereocenters. The van der Waals surface area contributed by atoms with E-state index in [0.29, 0.717) is 13.0 Å². The first-order valence-electron chi connectivity index (χ1n) is 22.3. The molecule has 314 valence electrons. The van der Waals surface area contributed by atoms with Crippen LogP contribution in [0.4, 0.5) is 0 Å². The van der Waals surface area contributed by atoms with Crippen LogP contribution in [0.15, 0.2) is 12.2 Å². The first-order chi connectivity index (χ1) is 25.9. The summed E-state index contributed by atoms with van der Waals surface area (Å²) >= 11 is 0. The van der Waals surface area contributed by atoms with Crippen LogP contribution in [-0.2, 0) is 23.7 Å². The van der Waals surface area contributed by atoms with Crippen molar-refractivity contribution in [1.82, 2.24) is 0 Å². The largest absolute Gasteiger partial charge is 0.457 e. The van der Waals surface area contributed by atoms with Crippen LogP contribution >= 0.6 is 0 Å². The highest BCUT2D eigenvalue weighted by Crippen LogP contribution is 2.23. The van der Waals surface area contributed by atoms with Gasteiger partial charge >= 0.3 is 5.97 Å². The number of esters is 1. The van der Waals surface area contributed by atoms with Gasteiger partial charge in [-0.3, -0.25) is 4.79 Å². The molecule has 9 heteroatoms. The number of carbonyl (C=O) groups excluding carboxylic acids is 1. The molecule has 4 N–H and O–H groups in total. The van der Waals surface area contributed by atoms with Gasteiger partial charge in [0, 0.05) is 13.0 Å². The highest BCUT2D eigenvalue weighted by Gasteiger charge is 2.44. The van der Waals surface area contributed by atoms with Crippen molar-refractivity contribution in [2.24, 2.45) is 0 Å². The molecule has 1 aliphatic rings. The molecule has 0 aromatic rings. The van der Waals surface area contributed by atoms with Crippen LogP contribution in [0.1, 0.15) is 200 Å². The van der Waals surface area contributed by atoms with Crippen LogP contribution in [-0.4, -0.2) is 89.6 Å². The molecule has 0 spiro atoms. The molecule has 1 fully saturated rings. The van der Waals surface area contributed by atoms with E-state index in [1.807, 2.05) is 0 Å². The molecule has 0 bridgehead atoms. The van der Waals surface area contributed by atoms with Gasteiger partial charge in [0.2, 0.25) is 0 Å². The topological polar surface area (TPSA) is 135 Å². The van der Waals surface area contributed by atoms with Crippen LogP contribution in [0.5, 0.6) is 0 Å². The van der Waals surface area contributed by atoms with Crippen LogP contribution in [0.2, 0.25) is 0 Å². The Labute approximate surface area is 325 Å². The van der Waals surface area contributed by atoms with Crippen molar-refractivity contribution in [3.63, 3.8) is 0 Å². The van der Waals surface area contributed by atoms with E-state index in [9.17, 15) is 25.2 Å². The minimum absolute atomic E-state index is 0.112. The van der Waals surface area contributed by atoms with E-state index in [4.69, 9.17) is 18.9 Å². The Kier molecular flexibility index (Phi) is 34.5. The maximum absolute atomic E-state index is 12.7. The number of ether oxygens (including phenoxy) is 4. The van der Waals surface area contributed by atoms with Crippen LogP contribution < -0.4 is 0 Å². The third-order valence-corrected chi connectivity index (χ3v) is 10.4. The Morgan fingerprint density at radius 2 is 1.08 bits per heavy atom. The van der Waals surface area contributed by atoms with E-state index in [2.05, 4.69) is 26.0 Å². The third kappa shape index (κ3) is 28.1. The summed E-state index contributed by atoms with van der Waals surface area (Å²) in [7, 11) is 0. The van der Waals surface area contributed by atoms with Gasteiger partial charge in [0.05, 0.1) is 19.8 Å². The van der Waals surface area contributed by atoms with E-state index < -0.39 is 43.4 Å². The first-order valence-corrected chi connectivity index (χ1v) is 22.3. The average molecular weight is 757 g/mol. The predicted octanol–water partition coefficient (Wildman–Crippen LogP) is 9.64. The normalized spacial score (nSPS) is 21.1. The first kappa shape index (κ1) is 49.9. The SMILES string of the molecule is CCC/C=C\CCCCCCCC(=O)OC(COCCCCCCCCCCCCCCCCCCCCCC)COC1OC(CO)C(O)C(O)C1O. The standard InChI is InChI=1S/C44H84O9/c1-3-5-7-9-11-13-15-16-17-18-19-20-21-22-23-24-26-28-30-32-34-50-36-38(37-51-44-43(49)42(48)41(47)39(35-45)53-44)52-40(46)33-31-29-27-25-14-12-10-8-6-4-2/h8,10,38-39,41-45,47-49H,3-7,9,11-37H2,1-2H3/b10-8-. The number of carbonyl (C=O) groups is 1. The van der Waals surface area contributed by atoms with Gasteiger partial charge < -0.3 is 39.4 Å². The summed E-state index contributed by atoms with van der Waals surface area (Å²) in [6.45, 7) is 4.51. The molecule has 0 amide bonds. The zero-order valence-electron chi connectivity index (χ0n) is 34.3. The predicted molar refractivity (Wildman–Crippen MR) is 215 cm³/mol. The summed E-state index contributed by atoms with van der Waals surface area (Å²) in [6.07, 6.45) is 32.5. The lowest BCUT2D eigenvalue weighted by atomic mass is 9.99. The quantitative estimate of drug-likeness (QED) is 0.0276. The van der Waals surface area contributed by atoms with Crippen molar-refractivity contribution in [3.05, 3.63) is 12.2 Å². The van der Waals surface area contributed by atoms with Crippen molar-refractivity contribution >= 4 is 5.97 Å². The molecule has 1 heterocycles. The molecule has 0 radical (unpaired) electrons. The molecule has 9 nitrogen and oxygen atoms in total. The van der Waals surface area contributed by atoms with Gasteiger partial charge in [0.25, 0.3) is 0 Å². The minimum Gasteiger partial charge on any atom is -0.457 e. The fourth-order valence-electron chi connectivity index (χ4n) is 6.91. The number of hydrogen-bond acceptors (Lipinski definition) is 9. The van der Waals surface area contributed by atoms with Crippen molar-refractivity contribution < 1.29 is 44.2 Å². The van der Waals surface area contributed by atoms with Gasteiger partial charge in [-0.2, -0.15) is 0 Å². The summed E-state index contributed by atoms with van der Waals surface area (Å²) in [4.78, 5) is 12.7. The Morgan fingerprint density at radius 3 is 1.60 bits per heavy atom. The number of aliphatic hydroxyl groups is 4. The average Bonchev–Trinajstić information content (AvgIpc) is 3.16. The Bertz CT molecular complexity index is 823. The maximum Gasteiger partial charge on any atom is 0.306 e. The lowest BCUT2D eigenvalue weighted by Gasteiger charge is -2.39. The van der Waals surface area contributed by atoms with E-state index in [-0.39, 0.29) is 19.2 Å². The molecule has 6 unspecified atom stereocenters. The lowest BCUT2D eigenvalue weighted by molar-refractivity contribution is -0.305. The zero-order chi connectivity index (χ0) is 38.6. The molecule has 53 heavy (non-hydrogen) atoms. The van der Waals surface area contributed by atoms with Gasteiger partial charge in [-0.25, -0.2) is 0 Å². The lowest BCUT2D eigenvalue weighted by Crippen LogP contribution is -2.59. The second kappa shape index (κ2) is 36.6. The van der Waals surface area contributed by atoms with Crippen molar-refractivity contribution in [2.75, 3.05) is 26.4 Å². The molecule has 0 saturated carbocycles. The molecule has 1 saturated heterocycles. The summed E-state index contributed by atoms with van der Waals surface area (Å²) in [5, 5.41) is 40.0. The summed E-state index contributed by atoms with van der Waals surface area (Å²) < 4.78 is 22.8.